The number of carbonyl (C=O) groups excluding carboxylic acids is 1. The lowest BCUT2D eigenvalue weighted by Gasteiger charge is -2.14. The summed E-state index contributed by atoms with van der Waals surface area (Å²) in [6.45, 7) is 0. The second kappa shape index (κ2) is 6.64. The number of nitrogens with one attached hydrogen (secondary N) is 1. The fourth-order valence-corrected chi connectivity index (χ4v) is 2.71. The lowest BCUT2D eigenvalue weighted by molar-refractivity contribution is -0.137. The topological polar surface area (TPSA) is 29.1 Å². The number of benzene rings is 2. The van der Waals surface area contributed by atoms with Crippen molar-refractivity contribution >= 4 is 57.4 Å². The summed E-state index contributed by atoms with van der Waals surface area (Å²) in [5.74, 6) is -0.742. The Morgan fingerprint density at radius 3 is 2.36 bits per heavy atom. The van der Waals surface area contributed by atoms with Crippen molar-refractivity contribution in [2.45, 2.75) is 6.18 Å². The molecule has 116 valence electrons. The van der Waals surface area contributed by atoms with Crippen molar-refractivity contribution in [3.8, 4) is 0 Å². The van der Waals surface area contributed by atoms with Crippen LogP contribution in [0, 0.1) is 3.57 Å². The first kappa shape index (κ1) is 17.4. The van der Waals surface area contributed by atoms with Crippen LogP contribution >= 0.6 is 45.8 Å². The largest absolute Gasteiger partial charge is 0.418 e. The monoisotopic (exact) mass is 459 g/mol. The van der Waals surface area contributed by atoms with E-state index in [-0.39, 0.29) is 16.3 Å². The van der Waals surface area contributed by atoms with Gasteiger partial charge in [-0.15, -0.1) is 0 Å². The van der Waals surface area contributed by atoms with E-state index < -0.39 is 17.6 Å². The molecule has 2 aromatic carbocycles. The molecule has 0 unspecified atom stereocenters. The van der Waals surface area contributed by atoms with E-state index in [9.17, 15) is 18.0 Å². The summed E-state index contributed by atoms with van der Waals surface area (Å²) in [5.41, 5.74) is -1.21. The highest BCUT2D eigenvalue weighted by atomic mass is 127. The number of amides is 1. The Bertz CT molecular complexity index is 735. The molecule has 22 heavy (non-hydrogen) atoms. The summed E-state index contributed by atoms with van der Waals surface area (Å²) < 4.78 is 39.5. The van der Waals surface area contributed by atoms with Crippen LogP contribution in [-0.4, -0.2) is 5.91 Å². The van der Waals surface area contributed by atoms with E-state index in [4.69, 9.17) is 23.2 Å². The second-order valence-electron chi connectivity index (χ2n) is 4.27. The molecule has 1 N–H and O–H groups in total. The first-order valence-corrected chi connectivity index (χ1v) is 7.65. The Hall–Kier alpha value is -0.990. The molecule has 1 amide bonds. The van der Waals surface area contributed by atoms with Gasteiger partial charge in [-0.2, -0.15) is 13.2 Å². The molecule has 2 aromatic rings. The van der Waals surface area contributed by atoms with Gasteiger partial charge in [0.1, 0.15) is 0 Å². The average molecular weight is 460 g/mol. The van der Waals surface area contributed by atoms with Crippen molar-refractivity contribution in [2.75, 3.05) is 5.32 Å². The Kier molecular flexibility index (Phi) is 5.24. The minimum atomic E-state index is -4.58. The zero-order valence-corrected chi connectivity index (χ0v) is 14.3. The van der Waals surface area contributed by atoms with E-state index in [1.54, 1.807) is 22.6 Å². The van der Waals surface area contributed by atoms with Crippen LogP contribution < -0.4 is 5.32 Å². The van der Waals surface area contributed by atoms with Crippen molar-refractivity contribution in [1.29, 1.82) is 0 Å². The summed E-state index contributed by atoms with van der Waals surface area (Å²) in [6.07, 6.45) is -4.58. The lowest BCUT2D eigenvalue weighted by atomic mass is 10.1. The maximum absolute atomic E-state index is 13.0. The highest BCUT2D eigenvalue weighted by molar-refractivity contribution is 14.1. The zero-order chi connectivity index (χ0) is 16.5. The molecule has 0 heterocycles. The van der Waals surface area contributed by atoms with Crippen molar-refractivity contribution in [2.24, 2.45) is 0 Å². The van der Waals surface area contributed by atoms with Crippen LogP contribution in [0.25, 0.3) is 0 Å². The third-order valence-electron chi connectivity index (χ3n) is 2.71. The summed E-state index contributed by atoms with van der Waals surface area (Å²) in [7, 11) is 0. The number of carbonyl (C=O) groups is 1. The highest BCUT2D eigenvalue weighted by Crippen LogP contribution is 2.36. The van der Waals surface area contributed by atoms with Crippen LogP contribution in [0.1, 0.15) is 15.9 Å². The quantitative estimate of drug-likeness (QED) is 0.559. The van der Waals surface area contributed by atoms with Crippen LogP contribution in [0.5, 0.6) is 0 Å². The minimum absolute atomic E-state index is 0.0396. The Morgan fingerprint density at radius 2 is 1.77 bits per heavy atom. The standard InChI is InChI=1S/C14H7Cl2F3INO/c15-7-1-3-9(11(16)5-7)13(22)21-12-4-2-8(20)6-10(12)14(17,18)19/h1-6H,(H,21,22). The Balaban J connectivity index is 2.36. The van der Waals surface area contributed by atoms with Crippen LogP contribution in [0.2, 0.25) is 10.0 Å². The molecular weight excluding hydrogens is 453 g/mol. The molecule has 0 aliphatic rings. The fraction of sp³-hybridized carbons (Fsp3) is 0.0714. The van der Waals surface area contributed by atoms with Gasteiger partial charge in [0, 0.05) is 8.59 Å². The van der Waals surface area contributed by atoms with Crippen molar-refractivity contribution in [3.63, 3.8) is 0 Å². The van der Waals surface area contributed by atoms with Crippen LogP contribution in [0.3, 0.4) is 0 Å². The van der Waals surface area contributed by atoms with E-state index in [1.807, 2.05) is 0 Å². The molecule has 0 bridgehead atoms. The summed E-state index contributed by atoms with van der Waals surface area (Å²) in [6, 6.07) is 7.75. The van der Waals surface area contributed by atoms with Gasteiger partial charge in [-0.25, -0.2) is 0 Å². The van der Waals surface area contributed by atoms with E-state index in [0.29, 0.717) is 8.59 Å². The average Bonchev–Trinajstić information content (AvgIpc) is 2.39. The van der Waals surface area contributed by atoms with Gasteiger partial charge in [-0.3, -0.25) is 4.79 Å². The number of anilines is 1. The summed E-state index contributed by atoms with van der Waals surface area (Å²) in [4.78, 5) is 12.1. The molecule has 0 aliphatic heterocycles. The molecule has 0 spiro atoms. The van der Waals surface area contributed by atoms with Crippen molar-refractivity contribution in [3.05, 3.63) is 61.1 Å². The predicted molar refractivity (Wildman–Crippen MR) is 88.6 cm³/mol. The molecule has 2 nitrogen and oxygen atoms in total. The van der Waals surface area contributed by atoms with Crippen molar-refractivity contribution < 1.29 is 18.0 Å². The summed E-state index contributed by atoms with van der Waals surface area (Å²) in [5, 5.41) is 2.62. The van der Waals surface area contributed by atoms with E-state index in [0.717, 1.165) is 6.07 Å². The van der Waals surface area contributed by atoms with Gasteiger partial charge in [-0.05, 0) is 59.0 Å². The van der Waals surface area contributed by atoms with Gasteiger partial charge in [0.15, 0.2) is 0 Å². The normalized spacial score (nSPS) is 11.4. The second-order valence-corrected chi connectivity index (χ2v) is 6.36. The van der Waals surface area contributed by atoms with Crippen LogP contribution in [0.15, 0.2) is 36.4 Å². The molecule has 0 atom stereocenters. The van der Waals surface area contributed by atoms with Gasteiger partial charge < -0.3 is 5.32 Å². The highest BCUT2D eigenvalue weighted by Gasteiger charge is 2.34. The Morgan fingerprint density at radius 1 is 1.09 bits per heavy atom. The van der Waals surface area contributed by atoms with E-state index in [1.165, 1.54) is 30.3 Å². The first-order chi connectivity index (χ1) is 10.2. The number of hydrogen-bond acceptors (Lipinski definition) is 1. The molecule has 0 saturated carbocycles. The molecule has 0 radical (unpaired) electrons. The third kappa shape index (κ3) is 4.05. The van der Waals surface area contributed by atoms with Crippen LogP contribution in [0.4, 0.5) is 18.9 Å². The fourth-order valence-electron chi connectivity index (χ4n) is 1.72. The van der Waals surface area contributed by atoms with Gasteiger partial charge in [-0.1, -0.05) is 23.2 Å². The van der Waals surface area contributed by atoms with Gasteiger partial charge in [0.25, 0.3) is 5.91 Å². The number of halogens is 6. The van der Waals surface area contributed by atoms with Crippen LogP contribution in [-0.2, 0) is 6.18 Å². The Labute approximate surface area is 147 Å². The molecule has 2 rings (SSSR count). The zero-order valence-electron chi connectivity index (χ0n) is 10.6. The van der Waals surface area contributed by atoms with Gasteiger partial charge >= 0.3 is 6.18 Å². The van der Waals surface area contributed by atoms with Gasteiger partial charge in [0.05, 0.1) is 21.8 Å². The predicted octanol–water partition coefficient (Wildman–Crippen LogP) is 5.87. The molecule has 8 heteroatoms. The molecule has 0 saturated heterocycles. The van der Waals surface area contributed by atoms with E-state index in [2.05, 4.69) is 5.32 Å². The third-order valence-corrected chi connectivity index (χ3v) is 3.93. The SMILES string of the molecule is O=C(Nc1ccc(I)cc1C(F)(F)F)c1ccc(Cl)cc1Cl. The lowest BCUT2D eigenvalue weighted by Crippen LogP contribution is -2.17. The minimum Gasteiger partial charge on any atom is -0.321 e. The number of rotatable bonds is 2. The maximum atomic E-state index is 13.0. The molecule has 0 aliphatic carbocycles. The first-order valence-electron chi connectivity index (χ1n) is 5.81. The smallest absolute Gasteiger partial charge is 0.321 e. The number of hydrogen-bond donors (Lipinski definition) is 1. The van der Waals surface area contributed by atoms with E-state index >= 15 is 0 Å². The van der Waals surface area contributed by atoms with Crippen molar-refractivity contribution in [1.82, 2.24) is 0 Å². The molecule has 0 fully saturated rings. The summed E-state index contributed by atoms with van der Waals surface area (Å²) >= 11 is 13.4. The molecule has 0 aromatic heterocycles. The maximum Gasteiger partial charge on any atom is 0.418 e. The number of alkyl halides is 3. The molecular formula is C14H7Cl2F3INO. The van der Waals surface area contributed by atoms with Gasteiger partial charge in [0.2, 0.25) is 0 Å².